The summed E-state index contributed by atoms with van der Waals surface area (Å²) in [6, 6.07) is 17.1. The smallest absolute Gasteiger partial charge is 0.332 e. The third-order valence-electron chi connectivity index (χ3n) is 7.04. The second-order valence-corrected chi connectivity index (χ2v) is 10.1. The van der Waals surface area contributed by atoms with Crippen molar-refractivity contribution in [1.29, 1.82) is 0 Å². The van der Waals surface area contributed by atoms with E-state index in [1.165, 1.54) is 4.57 Å². The molecule has 11 nitrogen and oxygen atoms in total. The van der Waals surface area contributed by atoms with Crippen LogP contribution in [0.2, 0.25) is 0 Å². The van der Waals surface area contributed by atoms with E-state index in [2.05, 4.69) is 10.6 Å². The van der Waals surface area contributed by atoms with E-state index in [-0.39, 0.29) is 30.0 Å². The molecule has 0 fully saturated rings. The Hall–Kier alpha value is -4.51. The van der Waals surface area contributed by atoms with Crippen molar-refractivity contribution in [2.45, 2.75) is 65.6 Å². The molecule has 0 atom stereocenters. The van der Waals surface area contributed by atoms with Crippen molar-refractivity contribution in [3.63, 3.8) is 0 Å². The quantitative estimate of drug-likeness (QED) is 0.185. The van der Waals surface area contributed by atoms with Crippen molar-refractivity contribution in [3.05, 3.63) is 92.4 Å². The number of benzene rings is 2. The topological polar surface area (TPSA) is 140 Å². The minimum Gasteiger partial charge on any atom is -0.481 e. The van der Waals surface area contributed by atoms with E-state index in [9.17, 15) is 19.2 Å². The number of hydrogen-bond acceptors (Lipinski definition) is 6. The molecule has 2 aromatic heterocycles. The van der Waals surface area contributed by atoms with E-state index < -0.39 is 5.97 Å². The molecule has 0 unspecified atom stereocenters. The van der Waals surface area contributed by atoms with Crippen LogP contribution in [0.4, 0.5) is 5.69 Å². The van der Waals surface area contributed by atoms with Gasteiger partial charge in [-0.1, -0.05) is 56.3 Å². The van der Waals surface area contributed by atoms with Crippen LogP contribution in [0.15, 0.2) is 64.2 Å². The average Bonchev–Trinajstić information content (AvgIpc) is 3.33. The van der Waals surface area contributed by atoms with Crippen LogP contribution in [0, 0.1) is 0 Å². The van der Waals surface area contributed by atoms with E-state index in [0.29, 0.717) is 62.3 Å². The van der Waals surface area contributed by atoms with Crippen LogP contribution < -0.4 is 21.9 Å². The van der Waals surface area contributed by atoms with Gasteiger partial charge in [0.15, 0.2) is 11.2 Å². The lowest BCUT2D eigenvalue weighted by atomic mass is 10.1. The average molecular weight is 575 g/mol. The third-order valence-corrected chi connectivity index (χ3v) is 7.04. The summed E-state index contributed by atoms with van der Waals surface area (Å²) in [4.78, 5) is 54.9. The Morgan fingerprint density at radius 1 is 0.857 bits per heavy atom. The minimum atomic E-state index is -1.02. The van der Waals surface area contributed by atoms with Gasteiger partial charge in [0.2, 0.25) is 5.91 Å². The minimum absolute atomic E-state index is 0.100. The Bertz CT molecular complexity index is 1640. The number of nitrogens with zero attached hydrogens (tertiary/aromatic N) is 4. The van der Waals surface area contributed by atoms with Gasteiger partial charge in [-0.25, -0.2) is 9.78 Å². The summed E-state index contributed by atoms with van der Waals surface area (Å²) in [5.41, 5.74) is 2.69. The number of likely N-dealkylation sites (N-methyl/N-ethyl adjacent to an activating group) is 1. The fourth-order valence-corrected chi connectivity index (χ4v) is 4.92. The second kappa shape index (κ2) is 14.4. The summed E-state index contributed by atoms with van der Waals surface area (Å²) >= 11 is 0. The van der Waals surface area contributed by atoms with Crippen LogP contribution >= 0.6 is 0 Å². The van der Waals surface area contributed by atoms with Gasteiger partial charge in [0.25, 0.3) is 5.56 Å². The zero-order chi connectivity index (χ0) is 30.1. The standard InChI is InChI=1S/C31H38N6O5/c1-3-18-37-30(41)28-29(34-25(35(28)20-17-32-4-2)21-23-8-6-5-7-9-23)36(31(37)42)19-16-22-10-12-24(13-11-22)33-26(38)14-15-27(39)40/h5-13,32H,3-4,14-21H2,1-2H3,(H,33,38)(H,39,40). The highest BCUT2D eigenvalue weighted by Gasteiger charge is 2.21. The molecule has 11 heteroatoms. The number of aryl methyl sites for hydroxylation is 2. The zero-order valence-corrected chi connectivity index (χ0v) is 24.1. The van der Waals surface area contributed by atoms with Crippen LogP contribution in [-0.4, -0.2) is 48.8 Å². The molecule has 0 saturated carbocycles. The van der Waals surface area contributed by atoms with Crippen LogP contribution in [0.3, 0.4) is 0 Å². The Kier molecular flexibility index (Phi) is 10.4. The van der Waals surface area contributed by atoms with Crippen molar-refractivity contribution in [2.75, 3.05) is 18.4 Å². The lowest BCUT2D eigenvalue weighted by Crippen LogP contribution is -2.41. The van der Waals surface area contributed by atoms with Gasteiger partial charge >= 0.3 is 11.7 Å². The molecule has 222 valence electrons. The summed E-state index contributed by atoms with van der Waals surface area (Å²) in [5, 5.41) is 14.8. The molecule has 4 aromatic rings. The van der Waals surface area contributed by atoms with E-state index in [0.717, 1.165) is 23.5 Å². The number of hydrogen-bond donors (Lipinski definition) is 3. The van der Waals surface area contributed by atoms with Crippen molar-refractivity contribution in [2.24, 2.45) is 0 Å². The van der Waals surface area contributed by atoms with Crippen molar-refractivity contribution in [1.82, 2.24) is 24.0 Å². The SMILES string of the molecule is CCCn1c(=O)c2c(nc(Cc3ccccc3)n2CCNCC)n(CCc2ccc(NC(=O)CCC(=O)O)cc2)c1=O. The first-order chi connectivity index (χ1) is 20.3. The molecular weight excluding hydrogens is 536 g/mol. The molecule has 2 aromatic carbocycles. The normalized spacial score (nSPS) is 11.2. The number of nitrogens with one attached hydrogen (secondary N) is 2. The van der Waals surface area contributed by atoms with Gasteiger partial charge in [0.05, 0.1) is 6.42 Å². The Balaban J connectivity index is 1.67. The molecule has 42 heavy (non-hydrogen) atoms. The summed E-state index contributed by atoms with van der Waals surface area (Å²) in [6.07, 6.45) is 1.35. The predicted molar refractivity (Wildman–Crippen MR) is 162 cm³/mol. The van der Waals surface area contributed by atoms with Gasteiger partial charge in [-0.05, 0) is 42.6 Å². The molecule has 0 spiro atoms. The van der Waals surface area contributed by atoms with Crippen molar-refractivity contribution in [3.8, 4) is 0 Å². The molecule has 4 rings (SSSR count). The largest absolute Gasteiger partial charge is 0.481 e. The number of imidazole rings is 1. The number of amides is 1. The molecule has 3 N–H and O–H groups in total. The summed E-state index contributed by atoms with van der Waals surface area (Å²) in [7, 11) is 0. The van der Waals surface area contributed by atoms with E-state index in [1.54, 1.807) is 16.7 Å². The second-order valence-electron chi connectivity index (χ2n) is 10.1. The predicted octanol–water partition coefficient (Wildman–Crippen LogP) is 3.02. The Morgan fingerprint density at radius 2 is 1.60 bits per heavy atom. The molecule has 0 aliphatic rings. The third kappa shape index (κ3) is 7.41. The molecule has 1 amide bonds. The number of carboxylic acids is 1. The van der Waals surface area contributed by atoms with Crippen molar-refractivity contribution < 1.29 is 14.7 Å². The van der Waals surface area contributed by atoms with Crippen LogP contribution in [-0.2, 0) is 42.1 Å². The highest BCUT2D eigenvalue weighted by Crippen LogP contribution is 2.17. The molecule has 0 aliphatic carbocycles. The lowest BCUT2D eigenvalue weighted by molar-refractivity contribution is -0.138. The maximum absolute atomic E-state index is 13.7. The number of carbonyl (C=O) groups excluding carboxylic acids is 1. The van der Waals surface area contributed by atoms with Gasteiger partial charge in [-0.15, -0.1) is 0 Å². The summed E-state index contributed by atoms with van der Waals surface area (Å²) in [6.45, 7) is 6.61. The summed E-state index contributed by atoms with van der Waals surface area (Å²) in [5.74, 6) is -0.658. The first-order valence-electron chi connectivity index (χ1n) is 14.4. The molecular formula is C31H38N6O5. The van der Waals surface area contributed by atoms with E-state index in [4.69, 9.17) is 10.1 Å². The van der Waals surface area contributed by atoms with Crippen LogP contribution in [0.5, 0.6) is 0 Å². The summed E-state index contributed by atoms with van der Waals surface area (Å²) < 4.78 is 4.87. The number of anilines is 1. The first kappa shape index (κ1) is 30.4. The number of carboxylic acid groups (broad SMARTS) is 1. The van der Waals surface area contributed by atoms with Crippen LogP contribution in [0.1, 0.15) is 50.1 Å². The number of aromatic nitrogens is 4. The van der Waals surface area contributed by atoms with E-state index >= 15 is 0 Å². The maximum atomic E-state index is 13.7. The first-order valence-corrected chi connectivity index (χ1v) is 14.4. The number of rotatable bonds is 15. The Morgan fingerprint density at radius 3 is 2.26 bits per heavy atom. The zero-order valence-electron chi connectivity index (χ0n) is 24.1. The van der Waals surface area contributed by atoms with Crippen molar-refractivity contribution >= 4 is 28.7 Å². The van der Waals surface area contributed by atoms with Gasteiger partial charge in [0.1, 0.15) is 5.82 Å². The molecule has 0 radical (unpaired) electrons. The molecule has 0 bridgehead atoms. The molecule has 0 aliphatic heterocycles. The van der Waals surface area contributed by atoms with Crippen LogP contribution in [0.25, 0.3) is 11.2 Å². The lowest BCUT2D eigenvalue weighted by Gasteiger charge is -2.13. The maximum Gasteiger partial charge on any atom is 0.332 e. The van der Waals surface area contributed by atoms with Gasteiger partial charge < -0.3 is 20.3 Å². The number of fused-ring (bicyclic) bond motifs is 1. The van der Waals surface area contributed by atoms with Gasteiger partial charge in [-0.3, -0.25) is 23.5 Å². The Labute approximate surface area is 243 Å². The van der Waals surface area contributed by atoms with Gasteiger partial charge in [0, 0.05) is 44.7 Å². The highest BCUT2D eigenvalue weighted by molar-refractivity contribution is 5.92. The van der Waals surface area contributed by atoms with Gasteiger partial charge in [-0.2, -0.15) is 0 Å². The van der Waals surface area contributed by atoms with E-state index in [1.807, 2.05) is 60.9 Å². The fourth-order valence-electron chi connectivity index (χ4n) is 4.92. The highest BCUT2D eigenvalue weighted by atomic mass is 16.4. The number of aliphatic carboxylic acids is 1. The fraction of sp³-hybridized carbons (Fsp3) is 0.387. The monoisotopic (exact) mass is 574 g/mol. The molecule has 2 heterocycles. The number of carbonyl (C=O) groups is 2. The molecule has 0 saturated heterocycles.